The normalized spacial score (nSPS) is 12.0. The average molecular weight is 360 g/mol. The molecule has 126 valence electrons. The predicted octanol–water partition coefficient (Wildman–Crippen LogP) is 5.08. The molecule has 0 fully saturated rings. The molecule has 25 heavy (non-hydrogen) atoms. The molecular weight excluding hydrogens is 349 g/mol. The monoisotopic (exact) mass is 360 g/mol. The summed E-state index contributed by atoms with van der Waals surface area (Å²) in [5.41, 5.74) is 1.57. The highest BCUT2D eigenvalue weighted by Crippen LogP contribution is 2.37. The Hall–Kier alpha value is -2.74. The maximum atomic E-state index is 13.1. The molecule has 0 aliphatic heterocycles. The van der Waals surface area contributed by atoms with Gasteiger partial charge in [0, 0.05) is 22.0 Å². The number of nitrogens with one attached hydrogen (secondary N) is 1. The molecular formula is C17H11F3N4S. The summed E-state index contributed by atoms with van der Waals surface area (Å²) in [6, 6.07) is 9.63. The number of alkyl halides is 3. The van der Waals surface area contributed by atoms with E-state index in [1.54, 1.807) is 12.1 Å². The minimum atomic E-state index is -4.42. The summed E-state index contributed by atoms with van der Waals surface area (Å²) in [6.07, 6.45) is -2.95. The minimum Gasteiger partial charge on any atom is -0.255 e. The van der Waals surface area contributed by atoms with Gasteiger partial charge in [0.2, 0.25) is 0 Å². The number of halogens is 3. The second-order valence-corrected chi connectivity index (χ2v) is 6.60. The third-order valence-electron chi connectivity index (χ3n) is 3.86. The summed E-state index contributed by atoms with van der Waals surface area (Å²) >= 11 is 1.49. The van der Waals surface area contributed by atoms with Crippen LogP contribution in [0.5, 0.6) is 0 Å². The van der Waals surface area contributed by atoms with Crippen molar-refractivity contribution >= 4 is 22.2 Å². The van der Waals surface area contributed by atoms with E-state index in [0.717, 1.165) is 32.8 Å². The van der Waals surface area contributed by atoms with Crippen LogP contribution in [0.4, 0.5) is 13.2 Å². The minimum absolute atomic E-state index is 0.0390. The maximum Gasteiger partial charge on any atom is 0.418 e. The van der Waals surface area contributed by atoms with Crippen molar-refractivity contribution in [1.29, 1.82) is 0 Å². The van der Waals surface area contributed by atoms with E-state index in [4.69, 9.17) is 0 Å². The number of aromatic amines is 1. The van der Waals surface area contributed by atoms with Crippen molar-refractivity contribution in [3.8, 4) is 21.0 Å². The lowest BCUT2D eigenvalue weighted by Crippen LogP contribution is -2.06. The number of hydrogen-bond donors (Lipinski definition) is 1. The van der Waals surface area contributed by atoms with E-state index in [1.165, 1.54) is 23.6 Å². The molecule has 8 heteroatoms. The van der Waals surface area contributed by atoms with Crippen LogP contribution in [-0.2, 0) is 6.18 Å². The Bertz CT molecular complexity index is 1070. The number of nitrogens with zero attached hydrogens (tertiary/aromatic N) is 3. The second-order valence-electron chi connectivity index (χ2n) is 5.52. The van der Waals surface area contributed by atoms with Gasteiger partial charge in [0.1, 0.15) is 5.69 Å². The smallest absolute Gasteiger partial charge is 0.255 e. The summed E-state index contributed by atoms with van der Waals surface area (Å²) in [4.78, 5) is 5.91. The third-order valence-corrected chi connectivity index (χ3v) is 5.00. The van der Waals surface area contributed by atoms with E-state index in [0.29, 0.717) is 5.39 Å². The molecule has 0 aliphatic carbocycles. The Morgan fingerprint density at radius 1 is 1.04 bits per heavy atom. The highest BCUT2D eigenvalue weighted by Gasteiger charge is 2.33. The largest absolute Gasteiger partial charge is 0.418 e. The number of aromatic nitrogens is 4. The molecule has 1 aromatic carbocycles. The summed E-state index contributed by atoms with van der Waals surface area (Å²) < 4.78 is 39.3. The fourth-order valence-corrected chi connectivity index (χ4v) is 3.69. The van der Waals surface area contributed by atoms with Gasteiger partial charge < -0.3 is 0 Å². The highest BCUT2D eigenvalue weighted by atomic mass is 32.1. The molecule has 3 aromatic heterocycles. The van der Waals surface area contributed by atoms with Gasteiger partial charge in [0.05, 0.1) is 21.7 Å². The lowest BCUT2D eigenvalue weighted by molar-refractivity contribution is -0.136. The Morgan fingerprint density at radius 2 is 1.84 bits per heavy atom. The lowest BCUT2D eigenvalue weighted by atomic mass is 10.1. The Kier molecular flexibility index (Phi) is 3.57. The van der Waals surface area contributed by atoms with Gasteiger partial charge >= 0.3 is 6.18 Å². The number of fused-ring (bicyclic) bond motifs is 1. The molecule has 0 bridgehead atoms. The van der Waals surface area contributed by atoms with E-state index >= 15 is 0 Å². The van der Waals surface area contributed by atoms with Gasteiger partial charge in [-0.1, -0.05) is 12.1 Å². The van der Waals surface area contributed by atoms with Crippen LogP contribution in [0.15, 0.2) is 42.6 Å². The third kappa shape index (κ3) is 2.78. The van der Waals surface area contributed by atoms with Gasteiger partial charge in [-0.25, -0.2) is 0 Å². The van der Waals surface area contributed by atoms with Crippen molar-refractivity contribution in [2.45, 2.75) is 13.1 Å². The molecule has 0 aliphatic rings. The molecule has 1 N–H and O–H groups in total. The van der Waals surface area contributed by atoms with Gasteiger partial charge in [-0.2, -0.15) is 28.6 Å². The number of H-pyrrole nitrogens is 1. The van der Waals surface area contributed by atoms with Crippen LogP contribution in [-0.4, -0.2) is 20.4 Å². The molecule has 0 amide bonds. The van der Waals surface area contributed by atoms with E-state index in [-0.39, 0.29) is 5.52 Å². The molecule has 0 unspecified atom stereocenters. The predicted molar refractivity (Wildman–Crippen MR) is 90.2 cm³/mol. The van der Waals surface area contributed by atoms with E-state index in [9.17, 15) is 13.2 Å². The number of aryl methyl sites for hydroxylation is 1. The molecule has 0 atom stereocenters. The second kappa shape index (κ2) is 5.66. The number of hydrogen-bond acceptors (Lipinski definition) is 4. The maximum absolute atomic E-state index is 13.1. The van der Waals surface area contributed by atoms with Crippen molar-refractivity contribution in [1.82, 2.24) is 20.4 Å². The Balaban J connectivity index is 1.79. The zero-order valence-electron chi connectivity index (χ0n) is 12.9. The molecule has 3 heterocycles. The molecule has 0 spiro atoms. The number of thiophene rings is 1. The molecule has 4 nitrogen and oxygen atoms in total. The zero-order valence-corrected chi connectivity index (χ0v) is 13.7. The van der Waals surface area contributed by atoms with Crippen molar-refractivity contribution in [2.75, 3.05) is 0 Å². The van der Waals surface area contributed by atoms with E-state index in [2.05, 4.69) is 20.4 Å². The van der Waals surface area contributed by atoms with Crippen LogP contribution in [0.1, 0.15) is 11.3 Å². The average Bonchev–Trinajstić information content (AvgIpc) is 3.21. The Morgan fingerprint density at radius 3 is 2.56 bits per heavy atom. The fourth-order valence-electron chi connectivity index (χ4n) is 2.66. The topological polar surface area (TPSA) is 54.5 Å². The number of benzene rings is 1. The van der Waals surface area contributed by atoms with Crippen LogP contribution < -0.4 is 0 Å². The molecule has 4 rings (SSSR count). The van der Waals surface area contributed by atoms with Crippen molar-refractivity contribution in [3.63, 3.8) is 0 Å². The quantitative estimate of drug-likeness (QED) is 0.543. The van der Waals surface area contributed by atoms with Gasteiger partial charge in [0.25, 0.3) is 0 Å². The molecule has 4 aromatic rings. The van der Waals surface area contributed by atoms with Gasteiger partial charge in [-0.15, -0.1) is 11.3 Å². The molecule has 0 radical (unpaired) electrons. The van der Waals surface area contributed by atoms with Gasteiger partial charge in [0.15, 0.2) is 0 Å². The SMILES string of the molecule is Cc1n[nH]nc1-c1ccc(-c2cnc3c(C(F)(F)F)cccc3c2)s1. The van der Waals surface area contributed by atoms with E-state index < -0.39 is 11.7 Å². The van der Waals surface area contributed by atoms with Crippen LogP contribution in [0, 0.1) is 6.92 Å². The van der Waals surface area contributed by atoms with Crippen molar-refractivity contribution < 1.29 is 13.2 Å². The zero-order chi connectivity index (χ0) is 17.6. The summed E-state index contributed by atoms with van der Waals surface area (Å²) in [6.45, 7) is 1.86. The van der Waals surface area contributed by atoms with Crippen LogP contribution >= 0.6 is 11.3 Å². The van der Waals surface area contributed by atoms with Crippen molar-refractivity contribution in [2.24, 2.45) is 0 Å². The lowest BCUT2D eigenvalue weighted by Gasteiger charge is -2.10. The Labute approximate surface area is 144 Å². The summed E-state index contributed by atoms with van der Waals surface area (Å²) in [5, 5.41) is 11.2. The highest BCUT2D eigenvalue weighted by molar-refractivity contribution is 7.18. The number of pyridine rings is 1. The standard InChI is InChI=1S/C17H11F3N4S/c1-9-15(23-24-22-9)14-6-5-13(25-14)11-7-10-3-2-4-12(17(18,19)20)16(10)21-8-11/h2-8H,1H3,(H,22,23,24). The summed E-state index contributed by atoms with van der Waals surface area (Å²) in [7, 11) is 0. The first-order chi connectivity index (χ1) is 11.9. The first-order valence-electron chi connectivity index (χ1n) is 7.37. The fraction of sp³-hybridized carbons (Fsp3) is 0.118. The van der Waals surface area contributed by atoms with E-state index in [1.807, 2.05) is 19.1 Å². The van der Waals surface area contributed by atoms with Gasteiger partial charge in [-0.05, 0) is 31.2 Å². The first-order valence-corrected chi connectivity index (χ1v) is 8.19. The van der Waals surface area contributed by atoms with Crippen LogP contribution in [0.2, 0.25) is 0 Å². The summed E-state index contributed by atoms with van der Waals surface area (Å²) in [5.74, 6) is 0. The molecule has 0 saturated carbocycles. The van der Waals surface area contributed by atoms with Gasteiger partial charge in [-0.3, -0.25) is 4.98 Å². The van der Waals surface area contributed by atoms with Crippen molar-refractivity contribution in [3.05, 3.63) is 53.9 Å². The number of para-hydroxylation sites is 1. The molecule has 0 saturated heterocycles. The first kappa shape index (κ1) is 15.8. The number of rotatable bonds is 2. The van der Waals surface area contributed by atoms with Crippen LogP contribution in [0.25, 0.3) is 31.9 Å². The van der Waals surface area contributed by atoms with Crippen LogP contribution in [0.3, 0.4) is 0 Å².